The van der Waals surface area contributed by atoms with E-state index in [-0.39, 0.29) is 12.6 Å². The van der Waals surface area contributed by atoms with E-state index in [2.05, 4.69) is 9.47 Å². The van der Waals surface area contributed by atoms with Gasteiger partial charge in [0.05, 0.1) is 26.9 Å². The summed E-state index contributed by atoms with van der Waals surface area (Å²) >= 11 is 0. The Morgan fingerprint density at radius 2 is 1.55 bits per heavy atom. The first kappa shape index (κ1) is 16.4. The molecular weight excluding hydrogens is 270 g/mol. The van der Waals surface area contributed by atoms with Crippen molar-refractivity contribution < 1.29 is 33.4 Å². The number of rotatable bonds is 6. The monoisotopic (exact) mass is 289 g/mol. The molecule has 0 aromatic heterocycles. The molecule has 0 radical (unpaired) electrons. The average molecular weight is 289 g/mol. The van der Waals surface area contributed by atoms with Gasteiger partial charge in [-0.25, -0.2) is 14.4 Å². The fourth-order valence-electron chi connectivity index (χ4n) is 1.62. The minimum atomic E-state index is -1.63. The van der Waals surface area contributed by atoms with Gasteiger partial charge in [0.2, 0.25) is 0 Å². The third kappa shape index (κ3) is 3.07. The molecule has 0 N–H and O–H groups in total. The van der Waals surface area contributed by atoms with Crippen LogP contribution in [-0.2, 0) is 33.4 Å². The molecule has 0 bridgehead atoms. The molecule has 1 heterocycles. The Kier molecular flexibility index (Phi) is 5.07. The molecule has 0 spiro atoms. The second-order valence-corrected chi connectivity index (χ2v) is 4.61. The van der Waals surface area contributed by atoms with Crippen LogP contribution in [0.1, 0.15) is 20.8 Å². The lowest BCUT2D eigenvalue weighted by Crippen LogP contribution is -2.42. The van der Waals surface area contributed by atoms with Crippen LogP contribution >= 0.6 is 0 Å². The van der Waals surface area contributed by atoms with E-state index in [0.717, 1.165) is 19.3 Å². The van der Waals surface area contributed by atoms with Gasteiger partial charge >= 0.3 is 17.9 Å². The molecule has 114 valence electrons. The Labute approximate surface area is 116 Å². The number of ether oxygens (including phenoxy) is 3. The summed E-state index contributed by atoms with van der Waals surface area (Å²) in [4.78, 5) is 40.2. The molecule has 1 saturated heterocycles. The summed E-state index contributed by atoms with van der Waals surface area (Å²) in [7, 11) is 2.31. The Morgan fingerprint density at radius 1 is 1.05 bits per heavy atom. The zero-order chi connectivity index (χ0) is 15.5. The Balaban J connectivity index is 2.68. The van der Waals surface area contributed by atoms with Gasteiger partial charge in [0.25, 0.3) is 5.54 Å². The van der Waals surface area contributed by atoms with E-state index in [9.17, 15) is 14.4 Å². The molecule has 0 aromatic rings. The Hall–Kier alpha value is -1.67. The maximum atomic E-state index is 11.7. The number of carbonyl (C=O) groups is 3. The number of hydroxylamine groups is 2. The number of carbonyl (C=O) groups excluding carboxylic acids is 3. The van der Waals surface area contributed by atoms with Gasteiger partial charge in [-0.3, -0.25) is 4.84 Å². The molecule has 1 rings (SSSR count). The second-order valence-electron chi connectivity index (χ2n) is 4.61. The summed E-state index contributed by atoms with van der Waals surface area (Å²) in [6.07, 6.45) is -1.23. The smallest absolute Gasteiger partial charge is 0.341 e. The quantitative estimate of drug-likeness (QED) is 0.284. The molecule has 1 aliphatic heterocycles. The van der Waals surface area contributed by atoms with E-state index < -0.39 is 29.6 Å². The molecule has 8 heteroatoms. The second kappa shape index (κ2) is 6.19. The normalized spacial score (nSPS) is 21.0. The first-order valence-electron chi connectivity index (χ1n) is 6.11. The lowest BCUT2D eigenvalue weighted by atomic mass is 10.1. The molecule has 2 atom stereocenters. The molecule has 8 nitrogen and oxygen atoms in total. The van der Waals surface area contributed by atoms with Gasteiger partial charge in [-0.05, 0) is 20.8 Å². The fraction of sp³-hybridized carbons (Fsp3) is 0.750. The van der Waals surface area contributed by atoms with Crippen molar-refractivity contribution in [3.05, 3.63) is 0 Å². The predicted molar refractivity (Wildman–Crippen MR) is 65.2 cm³/mol. The summed E-state index contributed by atoms with van der Waals surface area (Å²) < 4.78 is 14.1. The highest BCUT2D eigenvalue weighted by Crippen LogP contribution is 2.36. The van der Waals surface area contributed by atoms with Crippen LogP contribution in [0.15, 0.2) is 0 Å². The van der Waals surface area contributed by atoms with Crippen LogP contribution in [0.4, 0.5) is 0 Å². The van der Waals surface area contributed by atoms with Crippen molar-refractivity contribution >= 4 is 17.9 Å². The molecule has 1 unspecified atom stereocenters. The maximum absolute atomic E-state index is 11.7. The molecule has 1 fully saturated rings. The Bertz CT molecular complexity index is 391. The summed E-state index contributed by atoms with van der Waals surface area (Å²) in [6.45, 7) is 4.83. The van der Waals surface area contributed by atoms with Crippen LogP contribution in [0.5, 0.6) is 0 Å². The number of esters is 3. The van der Waals surface area contributed by atoms with E-state index in [4.69, 9.17) is 9.57 Å². The molecular formula is C12H19NO7. The summed E-state index contributed by atoms with van der Waals surface area (Å²) in [5.74, 6) is -2.18. The predicted octanol–water partition coefficient (Wildman–Crippen LogP) is -0.341. The SMILES string of the molecule is COC(=O)C1(C(=O)OC)CN1O[C@@H](C)C(=O)OC(C)C. The zero-order valence-corrected chi connectivity index (χ0v) is 12.2. The molecule has 1 aliphatic rings. The molecule has 20 heavy (non-hydrogen) atoms. The Morgan fingerprint density at radius 3 is 1.95 bits per heavy atom. The topological polar surface area (TPSA) is 91.1 Å². The molecule has 0 aromatic carbocycles. The number of hydrogen-bond acceptors (Lipinski definition) is 8. The van der Waals surface area contributed by atoms with Gasteiger partial charge in [-0.2, -0.15) is 5.06 Å². The number of hydrogen-bond donors (Lipinski definition) is 0. The molecule has 0 amide bonds. The summed E-state index contributed by atoms with van der Waals surface area (Å²) in [6, 6.07) is 0. The van der Waals surface area contributed by atoms with E-state index in [1.807, 2.05) is 0 Å². The molecule has 0 aliphatic carbocycles. The van der Waals surface area contributed by atoms with Crippen LogP contribution in [0.25, 0.3) is 0 Å². The van der Waals surface area contributed by atoms with Crippen molar-refractivity contribution in [2.75, 3.05) is 20.8 Å². The van der Waals surface area contributed by atoms with Gasteiger partial charge in [-0.1, -0.05) is 0 Å². The van der Waals surface area contributed by atoms with Crippen molar-refractivity contribution in [2.24, 2.45) is 0 Å². The van der Waals surface area contributed by atoms with E-state index in [0.29, 0.717) is 0 Å². The van der Waals surface area contributed by atoms with Crippen molar-refractivity contribution in [1.82, 2.24) is 5.06 Å². The van der Waals surface area contributed by atoms with Crippen molar-refractivity contribution in [3.63, 3.8) is 0 Å². The van der Waals surface area contributed by atoms with E-state index in [1.165, 1.54) is 6.92 Å². The first-order chi connectivity index (χ1) is 9.29. The first-order valence-corrected chi connectivity index (χ1v) is 6.11. The summed E-state index contributed by atoms with van der Waals surface area (Å²) in [5, 5.41) is 1.05. The third-order valence-corrected chi connectivity index (χ3v) is 2.71. The average Bonchev–Trinajstić information content (AvgIpc) is 3.11. The number of methoxy groups -OCH3 is 2. The largest absolute Gasteiger partial charge is 0.467 e. The van der Waals surface area contributed by atoms with Crippen molar-refractivity contribution in [1.29, 1.82) is 0 Å². The highest BCUT2D eigenvalue weighted by molar-refractivity contribution is 6.08. The maximum Gasteiger partial charge on any atom is 0.341 e. The van der Waals surface area contributed by atoms with Gasteiger partial charge in [0, 0.05) is 0 Å². The van der Waals surface area contributed by atoms with Gasteiger partial charge < -0.3 is 14.2 Å². The zero-order valence-electron chi connectivity index (χ0n) is 12.2. The third-order valence-electron chi connectivity index (χ3n) is 2.71. The fourth-order valence-corrected chi connectivity index (χ4v) is 1.62. The van der Waals surface area contributed by atoms with E-state index in [1.54, 1.807) is 13.8 Å². The van der Waals surface area contributed by atoms with Crippen LogP contribution < -0.4 is 0 Å². The lowest BCUT2D eigenvalue weighted by molar-refractivity contribution is -0.194. The number of nitrogens with zero attached hydrogens (tertiary/aromatic N) is 1. The van der Waals surface area contributed by atoms with Gasteiger partial charge in [0.15, 0.2) is 6.10 Å². The highest BCUT2D eigenvalue weighted by Gasteiger charge is 2.69. The minimum Gasteiger partial charge on any atom is -0.467 e. The van der Waals surface area contributed by atoms with Crippen LogP contribution in [0.3, 0.4) is 0 Å². The standard InChI is InChI=1S/C12H19NO7/c1-7(2)19-9(14)8(3)20-13-6-12(13,10(15)17-4)11(16)18-5/h7-8H,6H2,1-5H3/t8-,13?/m0/s1. The van der Waals surface area contributed by atoms with E-state index >= 15 is 0 Å². The van der Waals surface area contributed by atoms with Crippen LogP contribution in [-0.4, -0.2) is 61.5 Å². The molecule has 0 saturated carbocycles. The van der Waals surface area contributed by atoms with Gasteiger partial charge in [-0.15, -0.1) is 0 Å². The van der Waals surface area contributed by atoms with Crippen molar-refractivity contribution in [2.45, 2.75) is 38.5 Å². The van der Waals surface area contributed by atoms with Crippen molar-refractivity contribution in [3.8, 4) is 0 Å². The van der Waals surface area contributed by atoms with Gasteiger partial charge in [0.1, 0.15) is 0 Å². The van der Waals surface area contributed by atoms with Crippen LogP contribution in [0.2, 0.25) is 0 Å². The highest BCUT2D eigenvalue weighted by atomic mass is 16.7. The minimum absolute atomic E-state index is 0.0361. The lowest BCUT2D eigenvalue weighted by Gasteiger charge is -2.17. The summed E-state index contributed by atoms with van der Waals surface area (Å²) in [5.41, 5.74) is -1.63. The van der Waals surface area contributed by atoms with Crippen LogP contribution in [0, 0.1) is 0 Å².